The van der Waals surface area contributed by atoms with E-state index < -0.39 is 5.97 Å². The van der Waals surface area contributed by atoms with E-state index in [0.717, 1.165) is 0 Å². The lowest BCUT2D eigenvalue weighted by Crippen LogP contribution is -2.13. The van der Waals surface area contributed by atoms with Crippen LogP contribution in [-0.2, 0) is 10.7 Å². The van der Waals surface area contributed by atoms with Gasteiger partial charge in [-0.2, -0.15) is 0 Å². The summed E-state index contributed by atoms with van der Waals surface area (Å²) in [6, 6.07) is 9.78. The average Bonchev–Trinajstić information content (AvgIpc) is 2.30. The number of rotatable bonds is 3. The fourth-order valence-corrected chi connectivity index (χ4v) is 1.21. The summed E-state index contributed by atoms with van der Waals surface area (Å²) in [5.41, 5.74) is 6.76. The van der Waals surface area contributed by atoms with Crippen molar-refractivity contribution in [3.05, 3.63) is 47.5 Å². The average molecular weight is 256 g/mol. The van der Waals surface area contributed by atoms with E-state index in [1.807, 2.05) is 30.3 Å². The number of hydrogen-bond donors (Lipinski definition) is 2. The molecule has 0 aromatic heterocycles. The number of alkyl halides is 1. The lowest BCUT2D eigenvalue weighted by Gasteiger charge is -1.95. The predicted molar refractivity (Wildman–Crippen MR) is 71.0 cm³/mol. The van der Waals surface area contributed by atoms with Gasteiger partial charge >= 0.3 is 5.97 Å². The van der Waals surface area contributed by atoms with Gasteiger partial charge in [-0.05, 0) is 19.4 Å². The standard InChI is InChI=1S/C7H7Cl.C6H11NO2/c8-6-7-4-2-1-3-5-7;1-4(6(8)9)3-5(2)7/h1-5H,6H2;3,5H,7H2,1-2H3,(H,8,9). The predicted octanol–water partition coefficient (Wildman–Crippen LogP) is 2.79. The topological polar surface area (TPSA) is 63.3 Å². The highest BCUT2D eigenvalue weighted by atomic mass is 35.5. The van der Waals surface area contributed by atoms with Crippen LogP contribution >= 0.6 is 11.6 Å². The molecule has 94 valence electrons. The van der Waals surface area contributed by atoms with Gasteiger partial charge < -0.3 is 10.8 Å². The van der Waals surface area contributed by atoms with Crippen LogP contribution in [0.15, 0.2) is 42.0 Å². The molecule has 1 aromatic rings. The van der Waals surface area contributed by atoms with Gasteiger partial charge in [-0.25, -0.2) is 4.79 Å². The summed E-state index contributed by atoms with van der Waals surface area (Å²) >= 11 is 5.53. The molecule has 0 amide bonds. The first kappa shape index (κ1) is 15.7. The lowest BCUT2D eigenvalue weighted by atomic mass is 10.2. The molecule has 0 bridgehead atoms. The van der Waals surface area contributed by atoms with Crippen molar-refractivity contribution in [3.63, 3.8) is 0 Å². The van der Waals surface area contributed by atoms with E-state index in [-0.39, 0.29) is 6.04 Å². The molecule has 0 saturated heterocycles. The van der Waals surface area contributed by atoms with Gasteiger partial charge in [-0.3, -0.25) is 0 Å². The van der Waals surface area contributed by atoms with Gasteiger partial charge in [-0.1, -0.05) is 36.4 Å². The van der Waals surface area contributed by atoms with Gasteiger partial charge in [0.05, 0.1) is 0 Å². The van der Waals surface area contributed by atoms with Gasteiger partial charge in [0.25, 0.3) is 0 Å². The Morgan fingerprint density at radius 2 is 2.00 bits per heavy atom. The first-order valence-corrected chi connectivity index (χ1v) is 5.78. The smallest absolute Gasteiger partial charge is 0.331 e. The molecule has 0 radical (unpaired) electrons. The summed E-state index contributed by atoms with van der Waals surface area (Å²) in [4.78, 5) is 10.1. The largest absolute Gasteiger partial charge is 0.478 e. The van der Waals surface area contributed by atoms with Crippen LogP contribution in [0.3, 0.4) is 0 Å². The Hall–Kier alpha value is -1.32. The Kier molecular flexibility index (Phi) is 8.11. The first-order valence-electron chi connectivity index (χ1n) is 5.24. The SMILES string of the molecule is CC(=CC(C)N)C(=O)O.ClCc1ccccc1. The normalized spacial score (nSPS) is 12.4. The van der Waals surface area contributed by atoms with Gasteiger partial charge in [0.15, 0.2) is 0 Å². The number of carbonyl (C=O) groups is 1. The Balaban J connectivity index is 0.000000302. The third kappa shape index (κ3) is 8.48. The van der Waals surface area contributed by atoms with Crippen molar-refractivity contribution < 1.29 is 9.90 Å². The molecule has 0 saturated carbocycles. The molecule has 0 fully saturated rings. The molecule has 1 aromatic carbocycles. The summed E-state index contributed by atoms with van der Waals surface area (Å²) in [6.45, 7) is 3.25. The molecule has 0 aliphatic rings. The molecular weight excluding hydrogens is 238 g/mol. The number of aliphatic carboxylic acids is 1. The van der Waals surface area contributed by atoms with Crippen LogP contribution in [0.25, 0.3) is 0 Å². The van der Waals surface area contributed by atoms with Crippen molar-refractivity contribution in [2.75, 3.05) is 0 Å². The summed E-state index contributed by atoms with van der Waals surface area (Å²) in [5.74, 6) is -0.298. The van der Waals surface area contributed by atoms with E-state index in [1.165, 1.54) is 18.6 Å². The minimum atomic E-state index is -0.910. The van der Waals surface area contributed by atoms with Crippen LogP contribution in [0.2, 0.25) is 0 Å². The van der Waals surface area contributed by atoms with Crippen LogP contribution in [0.5, 0.6) is 0 Å². The van der Waals surface area contributed by atoms with Crippen molar-refractivity contribution in [2.45, 2.75) is 25.8 Å². The summed E-state index contributed by atoms with van der Waals surface area (Å²) in [7, 11) is 0. The van der Waals surface area contributed by atoms with Gasteiger partial charge in [0.1, 0.15) is 0 Å². The third-order valence-electron chi connectivity index (χ3n) is 1.85. The molecule has 3 nitrogen and oxygen atoms in total. The van der Waals surface area contributed by atoms with Gasteiger partial charge in [0.2, 0.25) is 0 Å². The summed E-state index contributed by atoms with van der Waals surface area (Å²) in [5, 5.41) is 8.31. The minimum Gasteiger partial charge on any atom is -0.478 e. The Morgan fingerprint density at radius 1 is 1.47 bits per heavy atom. The van der Waals surface area contributed by atoms with E-state index in [0.29, 0.717) is 11.5 Å². The summed E-state index contributed by atoms with van der Waals surface area (Å²) < 4.78 is 0. The number of benzene rings is 1. The highest BCUT2D eigenvalue weighted by Gasteiger charge is 1.98. The molecule has 17 heavy (non-hydrogen) atoms. The van der Waals surface area contributed by atoms with E-state index in [2.05, 4.69) is 0 Å². The van der Waals surface area contributed by atoms with Crippen molar-refractivity contribution in [3.8, 4) is 0 Å². The Labute approximate surface area is 107 Å². The number of halogens is 1. The van der Waals surface area contributed by atoms with Crippen LogP contribution in [0.4, 0.5) is 0 Å². The molecule has 0 aliphatic heterocycles. The second kappa shape index (κ2) is 8.79. The second-order valence-corrected chi connectivity index (χ2v) is 3.90. The van der Waals surface area contributed by atoms with Crippen molar-refractivity contribution in [2.24, 2.45) is 5.73 Å². The minimum absolute atomic E-state index is 0.180. The zero-order valence-electron chi connectivity index (χ0n) is 10.1. The Bertz CT molecular complexity index is 361. The molecule has 1 rings (SSSR count). The van der Waals surface area contributed by atoms with E-state index in [4.69, 9.17) is 22.4 Å². The van der Waals surface area contributed by atoms with Crippen LogP contribution in [0, 0.1) is 0 Å². The zero-order valence-corrected chi connectivity index (χ0v) is 10.8. The number of carboxylic acid groups (broad SMARTS) is 1. The molecule has 4 heteroatoms. The third-order valence-corrected chi connectivity index (χ3v) is 2.16. The molecular formula is C13H18ClNO2. The van der Waals surface area contributed by atoms with Crippen molar-refractivity contribution in [1.29, 1.82) is 0 Å². The van der Waals surface area contributed by atoms with Crippen LogP contribution in [-0.4, -0.2) is 17.1 Å². The fourth-order valence-electron chi connectivity index (χ4n) is 1.03. The maximum atomic E-state index is 10.1. The van der Waals surface area contributed by atoms with Gasteiger partial charge in [0, 0.05) is 17.5 Å². The highest BCUT2D eigenvalue weighted by molar-refractivity contribution is 6.17. The van der Waals surface area contributed by atoms with E-state index >= 15 is 0 Å². The lowest BCUT2D eigenvalue weighted by molar-refractivity contribution is -0.132. The van der Waals surface area contributed by atoms with Crippen molar-refractivity contribution >= 4 is 17.6 Å². The van der Waals surface area contributed by atoms with Crippen LogP contribution in [0.1, 0.15) is 19.4 Å². The Morgan fingerprint density at radius 3 is 2.24 bits per heavy atom. The first-order chi connectivity index (χ1) is 7.97. The number of hydrogen-bond acceptors (Lipinski definition) is 2. The zero-order chi connectivity index (χ0) is 13.3. The highest BCUT2D eigenvalue weighted by Crippen LogP contribution is 2.00. The molecule has 1 atom stereocenters. The molecule has 0 heterocycles. The number of nitrogens with two attached hydrogens (primary N) is 1. The molecule has 0 aliphatic carbocycles. The molecule has 1 unspecified atom stereocenters. The maximum Gasteiger partial charge on any atom is 0.331 e. The molecule has 0 spiro atoms. The van der Waals surface area contributed by atoms with Gasteiger partial charge in [-0.15, -0.1) is 11.6 Å². The molecule has 3 N–H and O–H groups in total. The van der Waals surface area contributed by atoms with E-state index in [9.17, 15) is 4.79 Å². The fraction of sp³-hybridized carbons (Fsp3) is 0.308. The number of carboxylic acids is 1. The monoisotopic (exact) mass is 255 g/mol. The van der Waals surface area contributed by atoms with Crippen molar-refractivity contribution in [1.82, 2.24) is 0 Å². The maximum absolute atomic E-state index is 10.1. The summed E-state index contributed by atoms with van der Waals surface area (Å²) in [6.07, 6.45) is 1.50. The quantitative estimate of drug-likeness (QED) is 0.645. The van der Waals surface area contributed by atoms with E-state index in [1.54, 1.807) is 6.92 Å². The second-order valence-electron chi connectivity index (χ2n) is 3.63. The van der Waals surface area contributed by atoms with Crippen LogP contribution < -0.4 is 5.73 Å².